The number of nitrogens with one attached hydrogen (secondary N) is 3. The van der Waals surface area contributed by atoms with Crippen molar-refractivity contribution in [3.05, 3.63) is 95.3 Å². The lowest BCUT2D eigenvalue weighted by atomic mass is 9.90. The summed E-state index contributed by atoms with van der Waals surface area (Å²) >= 11 is 0. The van der Waals surface area contributed by atoms with Gasteiger partial charge in [-0.1, -0.05) is 17.3 Å². The second kappa shape index (κ2) is 11.0. The molecule has 0 aliphatic heterocycles. The standard InChI is InChI=1S/C31H27N7O4/c1-17-13-27(42-38-17)36-31(40)35-22-9-11-25(29(32)39)26(15-22)18-5-7-21(8-6-18)34-30-33-16-20-4-3-19-14-23(41-2)10-12-24(19)28(20)37-30/h5-16H,3-4H2,1-2H3,(H2,32,39)(H,33,34,37)(H2,35,36,40). The highest BCUT2D eigenvalue weighted by Gasteiger charge is 2.19. The van der Waals surface area contributed by atoms with E-state index in [2.05, 4.69) is 32.2 Å². The van der Waals surface area contributed by atoms with Crippen LogP contribution in [0.4, 0.5) is 28.0 Å². The summed E-state index contributed by atoms with van der Waals surface area (Å²) in [4.78, 5) is 34.0. The molecule has 0 unspecified atom stereocenters. The second-order valence-electron chi connectivity index (χ2n) is 9.83. The van der Waals surface area contributed by atoms with E-state index >= 15 is 0 Å². The van der Waals surface area contributed by atoms with Crippen LogP contribution in [0.15, 0.2) is 77.4 Å². The Morgan fingerprint density at radius 3 is 2.43 bits per heavy atom. The number of carbonyl (C=O) groups excluding carboxylic acids is 2. The fraction of sp³-hybridized carbons (Fsp3) is 0.129. The Morgan fingerprint density at radius 2 is 1.69 bits per heavy atom. The van der Waals surface area contributed by atoms with Crippen molar-refractivity contribution >= 4 is 35.1 Å². The first-order valence-electron chi connectivity index (χ1n) is 13.2. The number of primary amides is 1. The van der Waals surface area contributed by atoms with Gasteiger partial charge in [-0.3, -0.25) is 10.1 Å². The van der Waals surface area contributed by atoms with Crippen molar-refractivity contribution in [3.8, 4) is 28.1 Å². The molecule has 0 bridgehead atoms. The van der Waals surface area contributed by atoms with Crippen molar-refractivity contribution in [1.82, 2.24) is 15.1 Å². The maximum absolute atomic E-state index is 12.4. The molecule has 0 atom stereocenters. The number of aryl methyl sites for hydroxylation is 3. The highest BCUT2D eigenvalue weighted by atomic mass is 16.5. The summed E-state index contributed by atoms with van der Waals surface area (Å²) in [5.41, 5.74) is 13.4. The number of nitrogens with zero attached hydrogens (tertiary/aromatic N) is 3. The van der Waals surface area contributed by atoms with Gasteiger partial charge < -0.3 is 25.6 Å². The number of nitrogens with two attached hydrogens (primary N) is 1. The minimum absolute atomic E-state index is 0.217. The van der Waals surface area contributed by atoms with Crippen molar-refractivity contribution in [2.75, 3.05) is 23.1 Å². The molecule has 0 spiro atoms. The van der Waals surface area contributed by atoms with Crippen LogP contribution in [0.5, 0.6) is 5.75 Å². The zero-order chi connectivity index (χ0) is 29.2. The number of hydrogen-bond acceptors (Lipinski definition) is 8. The summed E-state index contributed by atoms with van der Waals surface area (Å²) in [5.74, 6) is 0.938. The quantitative estimate of drug-likeness (QED) is 0.197. The van der Waals surface area contributed by atoms with E-state index in [0.717, 1.165) is 46.7 Å². The summed E-state index contributed by atoms with van der Waals surface area (Å²) in [6.45, 7) is 1.75. The molecule has 2 heterocycles. The molecule has 3 aromatic carbocycles. The van der Waals surface area contributed by atoms with Crippen LogP contribution in [-0.2, 0) is 12.8 Å². The van der Waals surface area contributed by atoms with Gasteiger partial charge in [0.05, 0.1) is 18.5 Å². The third-order valence-electron chi connectivity index (χ3n) is 6.96. The van der Waals surface area contributed by atoms with Gasteiger partial charge in [-0.15, -0.1) is 0 Å². The molecular weight excluding hydrogens is 534 g/mol. The molecule has 42 heavy (non-hydrogen) atoms. The van der Waals surface area contributed by atoms with Crippen molar-refractivity contribution in [1.29, 1.82) is 0 Å². The Kier molecular flexibility index (Phi) is 6.97. The number of hydrogen-bond donors (Lipinski definition) is 4. The van der Waals surface area contributed by atoms with Gasteiger partial charge in [0.25, 0.3) is 0 Å². The molecule has 1 aliphatic carbocycles. The first-order chi connectivity index (χ1) is 20.4. The van der Waals surface area contributed by atoms with E-state index in [1.807, 2.05) is 42.6 Å². The van der Waals surface area contributed by atoms with E-state index < -0.39 is 11.9 Å². The summed E-state index contributed by atoms with van der Waals surface area (Å²) in [5, 5.41) is 12.3. The predicted molar refractivity (Wildman–Crippen MR) is 159 cm³/mol. The van der Waals surface area contributed by atoms with E-state index in [4.69, 9.17) is 20.0 Å². The fourth-order valence-corrected chi connectivity index (χ4v) is 4.92. The molecule has 2 aromatic heterocycles. The first kappa shape index (κ1) is 26.5. The minimum Gasteiger partial charge on any atom is -0.497 e. The third-order valence-corrected chi connectivity index (χ3v) is 6.96. The average molecular weight is 562 g/mol. The van der Waals surface area contributed by atoms with E-state index in [0.29, 0.717) is 28.5 Å². The highest BCUT2D eigenvalue weighted by molar-refractivity contribution is 6.03. The molecule has 1 aliphatic rings. The Morgan fingerprint density at radius 1 is 0.905 bits per heavy atom. The van der Waals surface area contributed by atoms with Gasteiger partial charge in [0, 0.05) is 34.8 Å². The van der Waals surface area contributed by atoms with Crippen LogP contribution >= 0.6 is 0 Å². The Hall–Kier alpha value is -5.71. The molecule has 11 heteroatoms. The fourth-order valence-electron chi connectivity index (χ4n) is 4.92. The zero-order valence-electron chi connectivity index (χ0n) is 22.9. The van der Waals surface area contributed by atoms with Crippen molar-refractivity contribution in [2.24, 2.45) is 5.73 Å². The van der Waals surface area contributed by atoms with Gasteiger partial charge in [-0.2, -0.15) is 0 Å². The maximum Gasteiger partial charge on any atom is 0.326 e. The maximum atomic E-state index is 12.4. The summed E-state index contributed by atoms with van der Waals surface area (Å²) in [6.07, 6.45) is 3.64. The number of rotatable bonds is 7. The largest absolute Gasteiger partial charge is 0.497 e. The van der Waals surface area contributed by atoms with Gasteiger partial charge in [0.2, 0.25) is 17.7 Å². The lowest BCUT2D eigenvalue weighted by Crippen LogP contribution is -2.19. The third kappa shape index (κ3) is 5.48. The number of carbonyl (C=O) groups is 2. The van der Waals surface area contributed by atoms with Crippen LogP contribution in [0.25, 0.3) is 22.4 Å². The zero-order valence-corrected chi connectivity index (χ0v) is 22.9. The number of aromatic nitrogens is 3. The minimum atomic E-state index is -0.583. The van der Waals surface area contributed by atoms with Crippen LogP contribution in [0.1, 0.15) is 27.2 Å². The number of amides is 3. The molecular formula is C31H27N7O4. The molecule has 0 radical (unpaired) electrons. The topological polar surface area (TPSA) is 157 Å². The Balaban J connectivity index is 1.21. The lowest BCUT2D eigenvalue weighted by molar-refractivity contribution is 0.100. The summed E-state index contributed by atoms with van der Waals surface area (Å²) < 4.78 is 10.4. The van der Waals surface area contributed by atoms with Gasteiger partial charge in [0.1, 0.15) is 5.75 Å². The van der Waals surface area contributed by atoms with E-state index in [1.165, 1.54) is 5.56 Å². The van der Waals surface area contributed by atoms with Crippen LogP contribution in [0.2, 0.25) is 0 Å². The van der Waals surface area contributed by atoms with Crippen LogP contribution in [0, 0.1) is 6.92 Å². The molecule has 0 saturated carbocycles. The molecule has 210 valence electrons. The van der Waals surface area contributed by atoms with Crippen LogP contribution in [-0.4, -0.2) is 34.2 Å². The van der Waals surface area contributed by atoms with E-state index in [9.17, 15) is 9.59 Å². The molecule has 6 rings (SSSR count). The normalized spacial score (nSPS) is 11.7. The Bertz CT molecular complexity index is 1820. The van der Waals surface area contributed by atoms with Gasteiger partial charge >= 0.3 is 6.03 Å². The average Bonchev–Trinajstić information content (AvgIpc) is 3.40. The smallest absolute Gasteiger partial charge is 0.326 e. The number of urea groups is 1. The lowest BCUT2D eigenvalue weighted by Gasteiger charge is -2.20. The number of anilines is 4. The van der Waals surface area contributed by atoms with Gasteiger partial charge in [-0.05, 0) is 90.6 Å². The summed E-state index contributed by atoms with van der Waals surface area (Å²) in [6, 6.07) is 19.4. The first-order valence-corrected chi connectivity index (χ1v) is 13.2. The summed E-state index contributed by atoms with van der Waals surface area (Å²) in [7, 11) is 1.66. The number of fused-ring (bicyclic) bond motifs is 3. The molecule has 5 aromatic rings. The van der Waals surface area contributed by atoms with Gasteiger partial charge in [-0.25, -0.2) is 14.8 Å². The van der Waals surface area contributed by atoms with Crippen LogP contribution in [0.3, 0.4) is 0 Å². The predicted octanol–water partition coefficient (Wildman–Crippen LogP) is 5.70. The number of ether oxygens (including phenoxy) is 1. The second-order valence-corrected chi connectivity index (χ2v) is 9.83. The van der Waals surface area contributed by atoms with Crippen molar-refractivity contribution < 1.29 is 18.8 Å². The van der Waals surface area contributed by atoms with Crippen molar-refractivity contribution in [2.45, 2.75) is 19.8 Å². The van der Waals surface area contributed by atoms with Gasteiger partial charge in [0.15, 0.2) is 0 Å². The van der Waals surface area contributed by atoms with Crippen LogP contribution < -0.4 is 26.4 Å². The van der Waals surface area contributed by atoms with E-state index in [-0.39, 0.29) is 5.88 Å². The monoisotopic (exact) mass is 561 g/mol. The molecule has 5 N–H and O–H groups in total. The molecule has 0 fully saturated rings. The van der Waals surface area contributed by atoms with E-state index in [1.54, 1.807) is 38.3 Å². The molecule has 0 saturated heterocycles. The Labute approximate surface area is 241 Å². The molecule has 3 amide bonds. The number of benzene rings is 3. The number of methoxy groups -OCH3 is 1. The van der Waals surface area contributed by atoms with Crippen molar-refractivity contribution in [3.63, 3.8) is 0 Å². The molecule has 11 nitrogen and oxygen atoms in total. The highest BCUT2D eigenvalue weighted by Crippen LogP contribution is 2.35. The SMILES string of the molecule is COc1ccc2c(c1)CCc1cnc(Nc3ccc(-c4cc(NC(=O)Nc5cc(C)no5)ccc4C(N)=O)cc3)nc1-2.